The van der Waals surface area contributed by atoms with Gasteiger partial charge in [-0.05, 0) is 96.3 Å². The fraction of sp³-hybridized carbons (Fsp3) is 0.859. The van der Waals surface area contributed by atoms with E-state index in [-0.39, 0.29) is 18.5 Å². The van der Waals surface area contributed by atoms with Crippen molar-refractivity contribution in [3.05, 3.63) is 60.8 Å². The number of unbranched alkanes of at least 4 members (excludes halogenated alkanes) is 58. The van der Waals surface area contributed by atoms with Gasteiger partial charge in [0.2, 0.25) is 5.91 Å². The molecule has 91 heavy (non-hydrogen) atoms. The Kier molecular flexibility index (Phi) is 77.9. The van der Waals surface area contributed by atoms with Crippen LogP contribution in [0.3, 0.4) is 0 Å². The molecule has 6 nitrogen and oxygen atoms in total. The molecule has 0 saturated carbocycles. The second-order valence-corrected chi connectivity index (χ2v) is 28.1. The normalized spacial score (nSPS) is 12.8. The van der Waals surface area contributed by atoms with Crippen LogP contribution >= 0.6 is 0 Å². The average molecular weight is 1280 g/mol. The van der Waals surface area contributed by atoms with Gasteiger partial charge in [0, 0.05) is 12.8 Å². The number of hydrogen-bond donors (Lipinski definition) is 3. The summed E-state index contributed by atoms with van der Waals surface area (Å²) >= 11 is 0. The summed E-state index contributed by atoms with van der Waals surface area (Å²) in [6, 6.07) is -0.627. The molecular formula is C85H159NO5. The van der Waals surface area contributed by atoms with Gasteiger partial charge in [-0.1, -0.05) is 396 Å². The molecule has 0 aliphatic carbocycles. The first-order valence-electron chi connectivity index (χ1n) is 41.1. The van der Waals surface area contributed by atoms with Gasteiger partial charge in [-0.2, -0.15) is 0 Å². The molecule has 2 unspecified atom stereocenters. The van der Waals surface area contributed by atoms with Crippen LogP contribution in [0.2, 0.25) is 0 Å². The van der Waals surface area contributed by atoms with Crippen LogP contribution in [0.5, 0.6) is 0 Å². The monoisotopic (exact) mass is 1270 g/mol. The molecule has 3 N–H and O–H groups in total. The molecule has 534 valence electrons. The number of nitrogens with one attached hydrogen (secondary N) is 1. The van der Waals surface area contributed by atoms with Crippen molar-refractivity contribution in [3.8, 4) is 0 Å². The maximum Gasteiger partial charge on any atom is 0.305 e. The Bertz CT molecular complexity index is 1570. The number of amides is 1. The molecular weight excluding hydrogens is 1110 g/mol. The Morgan fingerprint density at radius 2 is 0.549 bits per heavy atom. The Hall–Kier alpha value is -2.44. The zero-order chi connectivity index (χ0) is 65.6. The third-order valence-corrected chi connectivity index (χ3v) is 19.0. The summed E-state index contributed by atoms with van der Waals surface area (Å²) in [5, 5.41) is 23.3. The summed E-state index contributed by atoms with van der Waals surface area (Å²) in [6.07, 6.45) is 108. The fourth-order valence-corrected chi connectivity index (χ4v) is 12.8. The van der Waals surface area contributed by atoms with Gasteiger partial charge in [-0.15, -0.1) is 0 Å². The predicted octanol–water partition coefficient (Wildman–Crippen LogP) is 27.3. The number of rotatable bonds is 77. The first-order chi connectivity index (χ1) is 45.0. The predicted molar refractivity (Wildman–Crippen MR) is 402 cm³/mol. The van der Waals surface area contributed by atoms with E-state index in [0.717, 1.165) is 57.8 Å². The van der Waals surface area contributed by atoms with Crippen LogP contribution in [-0.4, -0.2) is 47.4 Å². The minimum absolute atomic E-state index is 0.00687. The number of esters is 1. The van der Waals surface area contributed by atoms with Gasteiger partial charge in [0.05, 0.1) is 25.4 Å². The summed E-state index contributed by atoms with van der Waals surface area (Å²) < 4.78 is 5.50. The number of aliphatic hydroxyl groups excluding tert-OH is 2. The molecule has 0 rings (SSSR count). The lowest BCUT2D eigenvalue weighted by Crippen LogP contribution is -2.45. The van der Waals surface area contributed by atoms with Crippen LogP contribution in [0.25, 0.3) is 0 Å². The summed E-state index contributed by atoms with van der Waals surface area (Å²) in [6.45, 7) is 4.92. The van der Waals surface area contributed by atoms with E-state index in [2.05, 4.69) is 67.8 Å². The van der Waals surface area contributed by atoms with E-state index in [1.54, 1.807) is 6.08 Å². The maximum atomic E-state index is 12.5. The van der Waals surface area contributed by atoms with E-state index in [1.165, 1.54) is 360 Å². The van der Waals surface area contributed by atoms with Crippen molar-refractivity contribution in [1.82, 2.24) is 5.32 Å². The highest BCUT2D eigenvalue weighted by atomic mass is 16.5. The van der Waals surface area contributed by atoms with Crippen molar-refractivity contribution in [3.63, 3.8) is 0 Å². The van der Waals surface area contributed by atoms with Crippen molar-refractivity contribution in [2.75, 3.05) is 13.2 Å². The van der Waals surface area contributed by atoms with E-state index in [0.29, 0.717) is 19.4 Å². The smallest absolute Gasteiger partial charge is 0.305 e. The molecule has 1 amide bonds. The van der Waals surface area contributed by atoms with E-state index >= 15 is 0 Å². The van der Waals surface area contributed by atoms with E-state index < -0.39 is 12.1 Å². The molecule has 0 aromatic carbocycles. The molecule has 0 aliphatic heterocycles. The zero-order valence-electron chi connectivity index (χ0n) is 61.3. The quantitative estimate of drug-likeness (QED) is 0.0320. The Morgan fingerprint density at radius 1 is 0.308 bits per heavy atom. The lowest BCUT2D eigenvalue weighted by atomic mass is 10.0. The Morgan fingerprint density at radius 3 is 0.846 bits per heavy atom. The third-order valence-electron chi connectivity index (χ3n) is 19.0. The molecule has 0 bridgehead atoms. The molecule has 6 heteroatoms. The van der Waals surface area contributed by atoms with E-state index in [9.17, 15) is 19.8 Å². The molecule has 0 radical (unpaired) electrons. The SMILES string of the molecule is CCCCCC/C=C\C/C=C\CCCCCCCC(=O)OCCCCCCCCCCCCCCCCC/C=C\C/C=C\CCCCCCCCCCCCCCCCCCCC(=O)NC(CO)C(O)/C=C/CCCCCCCCCCCCCCCCCCC. The number of carbonyl (C=O) groups is 2. The Labute approximate surface area is 569 Å². The highest BCUT2D eigenvalue weighted by molar-refractivity contribution is 5.76. The number of carbonyl (C=O) groups excluding carboxylic acids is 2. The van der Waals surface area contributed by atoms with Crippen LogP contribution < -0.4 is 5.32 Å². The van der Waals surface area contributed by atoms with Crippen LogP contribution in [0.1, 0.15) is 444 Å². The average Bonchev–Trinajstić information content (AvgIpc) is 3.74. The highest BCUT2D eigenvalue weighted by Crippen LogP contribution is 2.19. The first kappa shape index (κ1) is 88.6. The van der Waals surface area contributed by atoms with Gasteiger partial charge < -0.3 is 20.3 Å². The molecule has 0 aliphatic rings. The van der Waals surface area contributed by atoms with Gasteiger partial charge >= 0.3 is 5.97 Å². The second-order valence-electron chi connectivity index (χ2n) is 28.1. The summed E-state index contributed by atoms with van der Waals surface area (Å²) in [5.41, 5.74) is 0. The molecule has 0 heterocycles. The van der Waals surface area contributed by atoms with Crippen molar-refractivity contribution < 1.29 is 24.5 Å². The van der Waals surface area contributed by atoms with E-state index in [1.807, 2.05) is 6.08 Å². The maximum absolute atomic E-state index is 12.5. The highest BCUT2D eigenvalue weighted by Gasteiger charge is 2.18. The number of aliphatic hydroxyl groups is 2. The zero-order valence-corrected chi connectivity index (χ0v) is 61.3. The van der Waals surface area contributed by atoms with Crippen LogP contribution in [-0.2, 0) is 14.3 Å². The van der Waals surface area contributed by atoms with Gasteiger partial charge in [0.15, 0.2) is 0 Å². The topological polar surface area (TPSA) is 95.9 Å². The molecule has 0 aromatic rings. The molecule has 0 spiro atoms. The third kappa shape index (κ3) is 76.5. The van der Waals surface area contributed by atoms with Crippen molar-refractivity contribution >= 4 is 11.9 Å². The lowest BCUT2D eigenvalue weighted by Gasteiger charge is -2.20. The number of ether oxygens (including phenoxy) is 1. The number of hydrogen-bond acceptors (Lipinski definition) is 5. The minimum atomic E-state index is -0.844. The van der Waals surface area contributed by atoms with Gasteiger partial charge in [-0.3, -0.25) is 9.59 Å². The van der Waals surface area contributed by atoms with E-state index in [4.69, 9.17) is 4.74 Å². The molecule has 2 atom stereocenters. The summed E-state index contributed by atoms with van der Waals surface area (Å²) in [7, 11) is 0. The van der Waals surface area contributed by atoms with Gasteiger partial charge in [0.1, 0.15) is 0 Å². The summed E-state index contributed by atoms with van der Waals surface area (Å²) in [5.74, 6) is -0.0545. The molecule has 0 saturated heterocycles. The minimum Gasteiger partial charge on any atom is -0.466 e. The van der Waals surface area contributed by atoms with Gasteiger partial charge in [0.25, 0.3) is 0 Å². The standard InChI is InChI=1S/C85H159NO5/c1-3-5-7-9-11-13-15-17-19-21-43-46-49-53-57-61-65-69-73-77-83(88)82(81-87)86-84(89)78-74-70-66-62-58-54-50-47-44-41-39-37-35-33-31-29-27-25-23-22-24-26-28-30-32-34-36-38-40-42-45-48-52-56-60-64-68-72-76-80-91-85(90)79-75-71-67-63-59-55-51-20-18-16-14-12-10-8-6-4-2/h14,16,20,22-23,26,28,51,73,77,82-83,87-88H,3-13,15,17-19,21,24-25,27,29-50,52-72,74-76,78-81H2,1-2H3,(H,86,89)/b16-14-,23-22-,28-26-,51-20-,77-73+. The molecule has 0 fully saturated rings. The second kappa shape index (κ2) is 80.0. The van der Waals surface area contributed by atoms with Crippen molar-refractivity contribution in [1.29, 1.82) is 0 Å². The van der Waals surface area contributed by atoms with Crippen LogP contribution in [0.4, 0.5) is 0 Å². The van der Waals surface area contributed by atoms with Crippen molar-refractivity contribution in [2.24, 2.45) is 0 Å². The van der Waals surface area contributed by atoms with Crippen molar-refractivity contribution in [2.45, 2.75) is 456 Å². The first-order valence-corrected chi connectivity index (χ1v) is 41.1. The Balaban J connectivity index is 3.38. The largest absolute Gasteiger partial charge is 0.466 e. The van der Waals surface area contributed by atoms with Gasteiger partial charge in [-0.25, -0.2) is 0 Å². The van der Waals surface area contributed by atoms with Crippen LogP contribution in [0.15, 0.2) is 60.8 Å². The fourth-order valence-electron chi connectivity index (χ4n) is 12.8. The summed E-state index contributed by atoms with van der Waals surface area (Å²) in [4.78, 5) is 24.6. The lowest BCUT2D eigenvalue weighted by molar-refractivity contribution is -0.143. The van der Waals surface area contributed by atoms with Crippen LogP contribution in [0, 0.1) is 0 Å². The number of allylic oxidation sites excluding steroid dienone is 9. The molecule has 0 aromatic heterocycles.